The average Bonchev–Trinajstić information content (AvgIpc) is 3.29. The number of benzene rings is 3. The van der Waals surface area contributed by atoms with Gasteiger partial charge in [0.25, 0.3) is 11.8 Å². The summed E-state index contributed by atoms with van der Waals surface area (Å²) in [5, 5.41) is 15.6. The van der Waals surface area contributed by atoms with Crippen LogP contribution in [-0.2, 0) is 6.42 Å². The number of amides is 2. The van der Waals surface area contributed by atoms with E-state index in [9.17, 15) is 23.5 Å². The first-order chi connectivity index (χ1) is 17.8. The van der Waals surface area contributed by atoms with Crippen LogP contribution in [0, 0.1) is 23.5 Å². The van der Waals surface area contributed by atoms with Crippen LogP contribution in [0.25, 0.3) is 10.9 Å². The molecule has 0 radical (unpaired) electrons. The second kappa shape index (κ2) is 11.4. The number of H-pyrrole nitrogens is 1. The van der Waals surface area contributed by atoms with Crippen LogP contribution in [-0.4, -0.2) is 41.6 Å². The lowest BCUT2D eigenvalue weighted by molar-refractivity contribution is 0.0914. The van der Waals surface area contributed by atoms with Crippen LogP contribution in [0.15, 0.2) is 65.3 Å². The summed E-state index contributed by atoms with van der Waals surface area (Å²) in [5.74, 6) is 3.90. The maximum atomic E-state index is 14.0. The van der Waals surface area contributed by atoms with E-state index in [-0.39, 0.29) is 24.5 Å². The Morgan fingerprint density at radius 1 is 1.05 bits per heavy atom. The Kier molecular flexibility index (Phi) is 8.01. The number of aromatic nitrogens is 1. The molecule has 3 aromatic carbocycles. The summed E-state index contributed by atoms with van der Waals surface area (Å²) in [6, 6.07) is 13.2. The summed E-state index contributed by atoms with van der Waals surface area (Å²) >= 11 is 3.38. The Morgan fingerprint density at radius 2 is 1.81 bits per heavy atom. The average molecular weight is 566 g/mol. The number of aromatic amines is 1. The van der Waals surface area contributed by atoms with Gasteiger partial charge in [0.2, 0.25) is 0 Å². The highest BCUT2D eigenvalue weighted by Crippen LogP contribution is 2.24. The largest absolute Gasteiger partial charge is 0.394 e. The molecule has 1 aromatic heterocycles. The van der Waals surface area contributed by atoms with Gasteiger partial charge in [-0.2, -0.15) is 0 Å². The van der Waals surface area contributed by atoms with Crippen LogP contribution >= 0.6 is 15.9 Å². The zero-order valence-electron chi connectivity index (χ0n) is 19.7. The van der Waals surface area contributed by atoms with Gasteiger partial charge in [-0.3, -0.25) is 9.59 Å². The Labute approximate surface area is 220 Å². The molecule has 0 spiro atoms. The summed E-state index contributed by atoms with van der Waals surface area (Å²) in [4.78, 5) is 27.7. The van der Waals surface area contributed by atoms with Crippen LogP contribution in [0.1, 0.15) is 37.4 Å². The molecule has 6 nitrogen and oxygen atoms in total. The summed E-state index contributed by atoms with van der Waals surface area (Å²) < 4.78 is 28.3. The van der Waals surface area contributed by atoms with E-state index in [1.165, 1.54) is 12.3 Å². The number of hydrogen-bond acceptors (Lipinski definition) is 3. The molecule has 4 N–H and O–H groups in total. The number of rotatable bonds is 6. The predicted molar refractivity (Wildman–Crippen MR) is 140 cm³/mol. The standard InChI is InChI=1S/C28H22BrF2N3O3/c1-32-27(36)18-4-2-3-16(9-18)5-6-17-7-8-24(29)23(10-17)28(37)34-21(15-35)11-19-14-33-26-22(19)12-20(30)13-25(26)31/h2-4,7-10,12-14,21,33,35H,11,15H2,1H3,(H,32,36)(H,34,37). The Balaban J connectivity index is 1.52. The van der Waals surface area contributed by atoms with Crippen LogP contribution in [0.5, 0.6) is 0 Å². The lowest BCUT2D eigenvalue weighted by Crippen LogP contribution is -2.39. The molecule has 4 aromatic rings. The molecule has 0 saturated carbocycles. The summed E-state index contributed by atoms with van der Waals surface area (Å²) in [6.45, 7) is -0.380. The van der Waals surface area contributed by atoms with Crippen molar-refractivity contribution < 1.29 is 23.5 Å². The van der Waals surface area contributed by atoms with Crippen molar-refractivity contribution in [1.82, 2.24) is 15.6 Å². The van der Waals surface area contributed by atoms with E-state index < -0.39 is 23.6 Å². The number of aliphatic hydroxyl groups excluding tert-OH is 1. The third-order valence-electron chi connectivity index (χ3n) is 5.73. The van der Waals surface area contributed by atoms with Crippen LogP contribution in [0.2, 0.25) is 0 Å². The van der Waals surface area contributed by atoms with E-state index in [0.717, 1.165) is 6.07 Å². The van der Waals surface area contributed by atoms with Crippen molar-refractivity contribution in [2.45, 2.75) is 12.5 Å². The van der Waals surface area contributed by atoms with Crippen LogP contribution < -0.4 is 10.6 Å². The van der Waals surface area contributed by atoms with Crippen LogP contribution in [0.4, 0.5) is 8.78 Å². The molecule has 0 bridgehead atoms. The first-order valence-corrected chi connectivity index (χ1v) is 12.1. The number of nitrogens with one attached hydrogen (secondary N) is 3. The van der Waals surface area contributed by atoms with Crippen molar-refractivity contribution in [2.24, 2.45) is 0 Å². The number of fused-ring (bicyclic) bond motifs is 1. The number of carbonyl (C=O) groups excluding carboxylic acids is 2. The predicted octanol–water partition coefficient (Wildman–Crippen LogP) is 4.30. The first-order valence-electron chi connectivity index (χ1n) is 11.3. The normalized spacial score (nSPS) is 11.5. The molecule has 1 unspecified atom stereocenters. The Hall–Kier alpha value is -4.00. The highest BCUT2D eigenvalue weighted by atomic mass is 79.9. The highest BCUT2D eigenvalue weighted by Gasteiger charge is 2.19. The molecule has 0 saturated heterocycles. The molecule has 0 aliphatic rings. The SMILES string of the molecule is CNC(=O)c1cccc(C#Cc2ccc(Br)c(C(=O)NC(CO)Cc3c[nH]c4c(F)cc(F)cc34)c2)c1. The third kappa shape index (κ3) is 6.05. The Morgan fingerprint density at radius 3 is 2.54 bits per heavy atom. The second-order valence-electron chi connectivity index (χ2n) is 8.29. The van der Waals surface area contributed by atoms with E-state index in [1.807, 2.05) is 0 Å². The van der Waals surface area contributed by atoms with Gasteiger partial charge in [0.1, 0.15) is 11.6 Å². The number of aliphatic hydroxyl groups is 1. The van der Waals surface area contributed by atoms with Crippen molar-refractivity contribution in [3.63, 3.8) is 0 Å². The minimum atomic E-state index is -0.715. The van der Waals surface area contributed by atoms with Crippen molar-refractivity contribution >= 4 is 38.6 Å². The summed E-state index contributed by atoms with van der Waals surface area (Å²) in [6.07, 6.45) is 1.69. The lowest BCUT2D eigenvalue weighted by Gasteiger charge is -2.17. The van der Waals surface area contributed by atoms with Crippen molar-refractivity contribution in [3.8, 4) is 11.8 Å². The van der Waals surface area contributed by atoms with Gasteiger partial charge in [-0.05, 0) is 70.4 Å². The quantitative estimate of drug-likeness (QED) is 0.262. The summed E-state index contributed by atoms with van der Waals surface area (Å²) in [5.41, 5.74) is 2.73. The zero-order chi connectivity index (χ0) is 26.5. The van der Waals surface area contributed by atoms with Gasteiger partial charge in [0.05, 0.1) is 23.7 Å². The van der Waals surface area contributed by atoms with Gasteiger partial charge in [-0.1, -0.05) is 17.9 Å². The van der Waals surface area contributed by atoms with Gasteiger partial charge in [0, 0.05) is 45.9 Å². The smallest absolute Gasteiger partial charge is 0.252 e. The Bertz CT molecular complexity index is 1560. The maximum Gasteiger partial charge on any atom is 0.252 e. The van der Waals surface area contributed by atoms with Gasteiger partial charge in [0.15, 0.2) is 0 Å². The third-order valence-corrected chi connectivity index (χ3v) is 6.42. The minimum absolute atomic E-state index is 0.157. The monoisotopic (exact) mass is 565 g/mol. The fraction of sp³-hybridized carbons (Fsp3) is 0.143. The molecular weight excluding hydrogens is 544 g/mol. The molecule has 0 aliphatic carbocycles. The van der Waals surface area contributed by atoms with Gasteiger partial charge >= 0.3 is 0 Å². The minimum Gasteiger partial charge on any atom is -0.394 e. The first kappa shape index (κ1) is 26.1. The topological polar surface area (TPSA) is 94.2 Å². The molecule has 37 heavy (non-hydrogen) atoms. The molecule has 1 atom stereocenters. The number of halogens is 3. The summed E-state index contributed by atoms with van der Waals surface area (Å²) in [7, 11) is 1.55. The number of carbonyl (C=O) groups is 2. The zero-order valence-corrected chi connectivity index (χ0v) is 21.2. The van der Waals surface area contributed by atoms with Crippen molar-refractivity contribution in [1.29, 1.82) is 0 Å². The highest BCUT2D eigenvalue weighted by molar-refractivity contribution is 9.10. The van der Waals surface area contributed by atoms with Crippen molar-refractivity contribution in [2.75, 3.05) is 13.7 Å². The van der Waals surface area contributed by atoms with Gasteiger partial charge in [-0.25, -0.2) is 8.78 Å². The number of hydrogen-bond donors (Lipinski definition) is 4. The molecule has 2 amide bonds. The van der Waals surface area contributed by atoms with Crippen LogP contribution in [0.3, 0.4) is 0 Å². The van der Waals surface area contributed by atoms with E-state index in [1.54, 1.807) is 49.5 Å². The maximum absolute atomic E-state index is 14.0. The van der Waals surface area contributed by atoms with E-state index in [0.29, 0.717) is 37.7 Å². The molecule has 9 heteroatoms. The molecular formula is C28H22BrF2N3O3. The second-order valence-corrected chi connectivity index (χ2v) is 9.14. The van der Waals surface area contributed by atoms with Gasteiger partial charge in [-0.15, -0.1) is 0 Å². The molecule has 0 aliphatic heterocycles. The fourth-order valence-corrected chi connectivity index (χ4v) is 4.30. The van der Waals surface area contributed by atoms with E-state index in [4.69, 9.17) is 0 Å². The van der Waals surface area contributed by atoms with Crippen molar-refractivity contribution in [3.05, 3.63) is 105 Å². The van der Waals surface area contributed by atoms with E-state index in [2.05, 4.69) is 43.4 Å². The molecule has 1 heterocycles. The molecule has 4 rings (SSSR count). The molecule has 0 fully saturated rings. The lowest BCUT2D eigenvalue weighted by atomic mass is 10.0. The van der Waals surface area contributed by atoms with E-state index >= 15 is 0 Å². The van der Waals surface area contributed by atoms with Gasteiger partial charge < -0.3 is 20.7 Å². The fourth-order valence-electron chi connectivity index (χ4n) is 3.87. The molecule has 188 valence electrons.